The van der Waals surface area contributed by atoms with Crippen molar-refractivity contribution in [3.05, 3.63) is 62.4 Å². The first-order valence-corrected chi connectivity index (χ1v) is 12.1. The van der Waals surface area contributed by atoms with Crippen LogP contribution in [0.15, 0.2) is 33.9 Å². The Labute approximate surface area is 209 Å². The molecule has 37 heavy (non-hydrogen) atoms. The van der Waals surface area contributed by atoms with E-state index >= 15 is 4.39 Å². The molecule has 3 atom stereocenters. The summed E-state index contributed by atoms with van der Waals surface area (Å²) in [7, 11) is 0. The summed E-state index contributed by atoms with van der Waals surface area (Å²) in [6.07, 6.45) is -0.0178. The van der Waals surface area contributed by atoms with E-state index in [0.29, 0.717) is 11.2 Å². The van der Waals surface area contributed by atoms with E-state index in [4.69, 9.17) is 14.2 Å². The number of carbonyl (C=O) groups is 2. The molecule has 11 nitrogen and oxygen atoms in total. The molecule has 2 bridgehead atoms. The number of piperidine rings is 1. The molecule has 5 rings (SSSR count). The van der Waals surface area contributed by atoms with E-state index in [2.05, 4.69) is 9.88 Å². The summed E-state index contributed by atoms with van der Waals surface area (Å²) in [6.45, 7) is 1.14. The molecule has 0 unspecified atom stereocenters. The number of alkyl halides is 1. The van der Waals surface area contributed by atoms with Gasteiger partial charge in [-0.05, 0) is 50.3 Å². The number of rotatable bonds is 8. The number of carbonyl (C=O) groups excluding carboxylic acids is 2. The van der Waals surface area contributed by atoms with Gasteiger partial charge in [-0.2, -0.15) is 4.98 Å². The largest absolute Gasteiger partial charge is 0.422 e. The van der Waals surface area contributed by atoms with Crippen LogP contribution >= 0.6 is 0 Å². The molecule has 3 fully saturated rings. The lowest BCUT2D eigenvalue weighted by molar-refractivity contribution is -0.155. The van der Waals surface area contributed by atoms with Crippen molar-refractivity contribution in [1.29, 1.82) is 0 Å². The van der Waals surface area contributed by atoms with Crippen molar-refractivity contribution in [3.8, 4) is 0 Å². The summed E-state index contributed by atoms with van der Waals surface area (Å²) in [6, 6.07) is 6.37. The number of esters is 2. The van der Waals surface area contributed by atoms with Crippen LogP contribution in [0.3, 0.4) is 0 Å². The van der Waals surface area contributed by atoms with Crippen LogP contribution < -0.4 is 11.4 Å². The molecule has 0 aliphatic carbocycles. The zero-order chi connectivity index (χ0) is 26.3. The summed E-state index contributed by atoms with van der Waals surface area (Å²) in [4.78, 5) is 53.8. The van der Waals surface area contributed by atoms with Crippen molar-refractivity contribution in [1.82, 2.24) is 19.0 Å². The number of benzene rings is 1. The fourth-order valence-electron chi connectivity index (χ4n) is 5.35. The first-order chi connectivity index (χ1) is 17.7. The molecular weight excluding hydrogens is 494 g/mol. The second kappa shape index (κ2) is 10.1. The number of aryl methyl sites for hydroxylation is 1. The summed E-state index contributed by atoms with van der Waals surface area (Å²) in [5.41, 5.74) is -1.07. The molecule has 13 heteroatoms. The van der Waals surface area contributed by atoms with Gasteiger partial charge in [0.25, 0.3) is 0 Å². The van der Waals surface area contributed by atoms with Gasteiger partial charge >= 0.3 is 29.7 Å². The maximum atomic E-state index is 15.2. The molecule has 1 aromatic carbocycles. The predicted molar refractivity (Wildman–Crippen MR) is 121 cm³/mol. The SMILES string of the molecule is Cc1nc(=O)n(C[C@H](F)CN2[C@@H]3CC[C@@H]2CC(OCc2ccc(F)cc2)C3)c(=O)n1C1OC(=O)C(=O)O1. The number of ether oxygens (including phenoxy) is 3. The maximum Gasteiger partial charge on any atom is 0.422 e. The van der Waals surface area contributed by atoms with Gasteiger partial charge in [-0.1, -0.05) is 12.1 Å². The number of fused-ring (bicyclic) bond motifs is 2. The predicted octanol–water partition coefficient (Wildman–Crippen LogP) is 0.959. The van der Waals surface area contributed by atoms with Gasteiger partial charge < -0.3 is 14.2 Å². The van der Waals surface area contributed by atoms with Gasteiger partial charge in [0.1, 0.15) is 17.8 Å². The third-order valence-electron chi connectivity index (χ3n) is 7.10. The molecule has 0 radical (unpaired) electrons. The van der Waals surface area contributed by atoms with E-state index in [1.807, 2.05) is 0 Å². The Morgan fingerprint density at radius 2 is 1.65 bits per heavy atom. The molecule has 0 N–H and O–H groups in total. The molecule has 3 aliphatic heterocycles. The van der Waals surface area contributed by atoms with Crippen molar-refractivity contribution in [2.24, 2.45) is 0 Å². The van der Waals surface area contributed by atoms with Crippen LogP contribution in [-0.4, -0.2) is 61.9 Å². The summed E-state index contributed by atoms with van der Waals surface area (Å²) < 4.78 is 45.1. The monoisotopic (exact) mass is 520 g/mol. The minimum atomic E-state index is -1.70. The Bertz CT molecular complexity index is 1280. The van der Waals surface area contributed by atoms with Gasteiger partial charge in [-0.3, -0.25) is 4.90 Å². The summed E-state index contributed by atoms with van der Waals surface area (Å²) >= 11 is 0. The van der Waals surface area contributed by atoms with Gasteiger partial charge in [-0.25, -0.2) is 37.1 Å². The Hall–Kier alpha value is -3.45. The summed E-state index contributed by atoms with van der Waals surface area (Å²) in [5, 5.41) is 0. The topological polar surface area (TPSA) is 122 Å². The number of cyclic esters (lactones) is 2. The highest BCUT2D eigenvalue weighted by atomic mass is 19.1. The van der Waals surface area contributed by atoms with Gasteiger partial charge in [0, 0.05) is 18.6 Å². The van der Waals surface area contributed by atoms with Crippen molar-refractivity contribution >= 4 is 11.9 Å². The average molecular weight is 520 g/mol. The van der Waals surface area contributed by atoms with Crippen LogP contribution in [0.25, 0.3) is 0 Å². The third kappa shape index (κ3) is 5.18. The Morgan fingerprint density at radius 1 is 1.03 bits per heavy atom. The van der Waals surface area contributed by atoms with Gasteiger partial charge in [0.15, 0.2) is 0 Å². The molecule has 4 heterocycles. The minimum absolute atomic E-state index is 0.00446. The molecule has 0 spiro atoms. The van der Waals surface area contributed by atoms with E-state index in [1.165, 1.54) is 19.1 Å². The third-order valence-corrected chi connectivity index (χ3v) is 7.10. The van der Waals surface area contributed by atoms with Crippen LogP contribution in [0.1, 0.15) is 43.5 Å². The number of halogens is 2. The number of aromatic nitrogens is 3. The van der Waals surface area contributed by atoms with E-state index in [9.17, 15) is 23.6 Å². The Kier molecular flexibility index (Phi) is 6.90. The quantitative estimate of drug-likeness (QED) is 0.370. The van der Waals surface area contributed by atoms with Crippen LogP contribution in [0.5, 0.6) is 0 Å². The number of hydrogen-bond acceptors (Lipinski definition) is 9. The summed E-state index contributed by atoms with van der Waals surface area (Å²) in [5.74, 6) is -3.00. The minimum Gasteiger partial charge on any atom is -0.397 e. The first-order valence-electron chi connectivity index (χ1n) is 12.1. The lowest BCUT2D eigenvalue weighted by Crippen LogP contribution is -2.50. The number of hydrogen-bond donors (Lipinski definition) is 0. The Balaban J connectivity index is 1.22. The zero-order valence-electron chi connectivity index (χ0n) is 20.0. The zero-order valence-corrected chi connectivity index (χ0v) is 20.0. The number of nitrogens with zero attached hydrogens (tertiary/aromatic N) is 4. The molecule has 0 amide bonds. The van der Waals surface area contributed by atoms with Gasteiger partial charge in [-0.15, -0.1) is 0 Å². The van der Waals surface area contributed by atoms with Crippen LogP contribution in [0, 0.1) is 12.7 Å². The van der Waals surface area contributed by atoms with E-state index in [-0.39, 0.29) is 36.4 Å². The molecule has 0 saturated carbocycles. The highest BCUT2D eigenvalue weighted by Gasteiger charge is 2.42. The smallest absolute Gasteiger partial charge is 0.397 e. The lowest BCUT2D eigenvalue weighted by atomic mass is 9.99. The normalized spacial score (nSPS) is 24.8. The van der Waals surface area contributed by atoms with Gasteiger partial charge in [0.2, 0.25) is 0 Å². The molecule has 3 aliphatic rings. The van der Waals surface area contributed by atoms with E-state index < -0.39 is 42.4 Å². The van der Waals surface area contributed by atoms with Crippen LogP contribution in [0.4, 0.5) is 8.78 Å². The molecule has 198 valence electrons. The standard InChI is InChI=1S/C24H26F2N4O7/c1-13-27-22(33)29(23(34)30(13)24-36-20(31)21(32)37-24)11-16(26)10-28-17-6-7-18(28)9-19(8-17)35-12-14-2-4-15(25)5-3-14/h2-5,16-19,24H,6-12H2,1H3/t16-,17-,18-/m1/s1. The fraction of sp³-hybridized carbons (Fsp3) is 0.542. The second-order valence-electron chi connectivity index (χ2n) is 9.53. The highest BCUT2D eigenvalue weighted by molar-refractivity contribution is 6.30. The maximum absolute atomic E-state index is 15.2. The lowest BCUT2D eigenvalue weighted by Gasteiger charge is -2.39. The molecular formula is C24H26F2N4O7. The van der Waals surface area contributed by atoms with Crippen LogP contribution in [0.2, 0.25) is 0 Å². The fourth-order valence-corrected chi connectivity index (χ4v) is 5.35. The van der Waals surface area contributed by atoms with E-state index in [0.717, 1.165) is 35.8 Å². The van der Waals surface area contributed by atoms with Crippen LogP contribution in [-0.2, 0) is 37.0 Å². The van der Waals surface area contributed by atoms with Crippen molar-refractivity contribution < 1.29 is 32.6 Å². The van der Waals surface area contributed by atoms with Crippen molar-refractivity contribution in [2.45, 2.75) is 76.5 Å². The van der Waals surface area contributed by atoms with E-state index in [1.54, 1.807) is 12.1 Å². The average Bonchev–Trinajstić information content (AvgIpc) is 3.28. The molecule has 3 saturated heterocycles. The Morgan fingerprint density at radius 3 is 2.27 bits per heavy atom. The highest BCUT2D eigenvalue weighted by Crippen LogP contribution is 2.37. The second-order valence-corrected chi connectivity index (χ2v) is 9.53. The molecule has 2 aromatic rings. The van der Waals surface area contributed by atoms with Gasteiger partial charge in [0.05, 0.1) is 19.3 Å². The van der Waals surface area contributed by atoms with Crippen molar-refractivity contribution in [2.75, 3.05) is 6.54 Å². The van der Waals surface area contributed by atoms with Crippen molar-refractivity contribution in [3.63, 3.8) is 0 Å². The molecule has 1 aromatic heterocycles. The first kappa shape index (κ1) is 25.2.